The summed E-state index contributed by atoms with van der Waals surface area (Å²) in [4.78, 5) is 13.6. The van der Waals surface area contributed by atoms with Gasteiger partial charge < -0.3 is 10.1 Å². The summed E-state index contributed by atoms with van der Waals surface area (Å²) in [6, 6.07) is 16.5. The Morgan fingerprint density at radius 1 is 1.07 bits per heavy atom. The summed E-state index contributed by atoms with van der Waals surface area (Å²) in [5.41, 5.74) is 0.828. The van der Waals surface area contributed by atoms with Crippen LogP contribution in [0.25, 0.3) is 0 Å². The second-order valence-corrected chi connectivity index (χ2v) is 9.33. The molecule has 2 aromatic carbocycles. The van der Waals surface area contributed by atoms with E-state index in [0.717, 1.165) is 4.88 Å². The molecule has 0 spiro atoms. The lowest BCUT2D eigenvalue weighted by atomic mass is 10.2. The number of hydrogen-bond donors (Lipinski definition) is 1. The molecule has 0 saturated carbocycles. The van der Waals surface area contributed by atoms with E-state index in [0.29, 0.717) is 17.0 Å². The number of nitrogens with zero attached hydrogens (tertiary/aromatic N) is 1. The van der Waals surface area contributed by atoms with Gasteiger partial charge in [-0.3, -0.25) is 9.10 Å². The number of benzene rings is 2. The van der Waals surface area contributed by atoms with Crippen molar-refractivity contribution in [3.05, 3.63) is 76.5 Å². The van der Waals surface area contributed by atoms with Gasteiger partial charge in [-0.15, -0.1) is 11.3 Å². The molecule has 1 aromatic heterocycles. The van der Waals surface area contributed by atoms with Crippen LogP contribution in [-0.4, -0.2) is 28.5 Å². The smallest absolute Gasteiger partial charge is 0.264 e. The number of para-hydroxylation sites is 2. The van der Waals surface area contributed by atoms with Crippen molar-refractivity contribution < 1.29 is 17.9 Å². The van der Waals surface area contributed by atoms with Gasteiger partial charge in [0.1, 0.15) is 5.75 Å². The Kier molecular flexibility index (Phi) is 6.24. The second kappa shape index (κ2) is 8.67. The number of carbonyl (C=O) groups excluding carboxylic acids is 1. The first-order chi connectivity index (χ1) is 13.8. The molecule has 1 atom stereocenters. The van der Waals surface area contributed by atoms with Crippen LogP contribution >= 0.6 is 11.3 Å². The Labute approximate surface area is 174 Å². The van der Waals surface area contributed by atoms with Crippen molar-refractivity contribution in [2.45, 2.75) is 17.9 Å². The summed E-state index contributed by atoms with van der Waals surface area (Å²) in [5.74, 6) is 0.199. The molecule has 1 heterocycles. The van der Waals surface area contributed by atoms with E-state index in [4.69, 9.17) is 4.74 Å². The molecule has 8 heteroatoms. The number of rotatable bonds is 7. The van der Waals surface area contributed by atoms with E-state index in [2.05, 4.69) is 5.32 Å². The Morgan fingerprint density at radius 2 is 1.76 bits per heavy atom. The van der Waals surface area contributed by atoms with Gasteiger partial charge in [-0.2, -0.15) is 0 Å². The van der Waals surface area contributed by atoms with Crippen LogP contribution in [0, 0.1) is 0 Å². The summed E-state index contributed by atoms with van der Waals surface area (Å²) < 4.78 is 32.4. The fourth-order valence-electron chi connectivity index (χ4n) is 2.84. The molecule has 152 valence electrons. The van der Waals surface area contributed by atoms with Gasteiger partial charge >= 0.3 is 0 Å². The molecule has 3 aromatic rings. The van der Waals surface area contributed by atoms with E-state index in [-0.39, 0.29) is 16.8 Å². The van der Waals surface area contributed by atoms with E-state index in [9.17, 15) is 13.2 Å². The number of thiophene rings is 1. The van der Waals surface area contributed by atoms with Crippen LogP contribution in [0.5, 0.6) is 5.75 Å². The Hall–Kier alpha value is -2.84. The molecule has 6 nitrogen and oxygen atoms in total. The average molecular weight is 431 g/mol. The largest absolute Gasteiger partial charge is 0.495 e. The van der Waals surface area contributed by atoms with Crippen molar-refractivity contribution in [3.63, 3.8) is 0 Å². The van der Waals surface area contributed by atoms with E-state index < -0.39 is 10.0 Å². The topological polar surface area (TPSA) is 75.7 Å². The van der Waals surface area contributed by atoms with E-state index in [1.807, 2.05) is 24.4 Å². The average Bonchev–Trinajstić information content (AvgIpc) is 3.28. The van der Waals surface area contributed by atoms with Gasteiger partial charge in [-0.25, -0.2) is 8.42 Å². The number of methoxy groups -OCH3 is 1. The molecule has 0 radical (unpaired) electrons. The third kappa shape index (κ3) is 4.44. The monoisotopic (exact) mass is 430 g/mol. The SMILES string of the molecule is COc1ccccc1N(C)S(=O)(=O)c1ccc(C(=O)N[C@H](C)c2cccs2)cc1. The predicted octanol–water partition coefficient (Wildman–Crippen LogP) is 4.07. The molecule has 0 saturated heterocycles. The maximum Gasteiger partial charge on any atom is 0.264 e. The van der Waals surface area contributed by atoms with Crippen LogP contribution < -0.4 is 14.4 Å². The second-order valence-electron chi connectivity index (χ2n) is 6.38. The molecule has 0 bridgehead atoms. The van der Waals surface area contributed by atoms with Crippen molar-refractivity contribution in [3.8, 4) is 5.75 Å². The first kappa shape index (κ1) is 20.9. The minimum absolute atomic E-state index is 0.0914. The highest BCUT2D eigenvalue weighted by molar-refractivity contribution is 7.92. The standard InChI is InChI=1S/C21H22N2O4S2/c1-15(20-9-6-14-28-20)22-21(24)16-10-12-17(13-11-16)29(25,26)23(2)18-7-4-5-8-19(18)27-3/h4-15H,1-3H3,(H,22,24)/t15-/m1/s1. The molecular weight excluding hydrogens is 408 g/mol. The van der Waals surface area contributed by atoms with Crippen LogP contribution in [0.3, 0.4) is 0 Å². The van der Waals surface area contributed by atoms with Crippen LogP contribution in [0.2, 0.25) is 0 Å². The molecule has 1 N–H and O–H groups in total. The van der Waals surface area contributed by atoms with Gasteiger partial charge in [-0.1, -0.05) is 18.2 Å². The highest BCUT2D eigenvalue weighted by atomic mass is 32.2. The molecule has 0 aliphatic rings. The van der Waals surface area contributed by atoms with Crippen LogP contribution in [-0.2, 0) is 10.0 Å². The number of hydrogen-bond acceptors (Lipinski definition) is 5. The highest BCUT2D eigenvalue weighted by Crippen LogP contribution is 2.31. The third-order valence-corrected chi connectivity index (χ3v) is 7.36. The van der Waals surface area contributed by atoms with Crippen LogP contribution in [0.1, 0.15) is 28.2 Å². The molecule has 0 unspecified atom stereocenters. The quantitative estimate of drug-likeness (QED) is 0.613. The number of carbonyl (C=O) groups is 1. The summed E-state index contributed by atoms with van der Waals surface area (Å²) in [5, 5.41) is 4.87. The minimum Gasteiger partial charge on any atom is -0.495 e. The van der Waals surface area contributed by atoms with Gasteiger partial charge in [0.15, 0.2) is 0 Å². The van der Waals surface area contributed by atoms with Crippen molar-refractivity contribution in [2.24, 2.45) is 0 Å². The maximum atomic E-state index is 13.0. The number of sulfonamides is 1. The lowest BCUT2D eigenvalue weighted by Crippen LogP contribution is -2.28. The van der Waals surface area contributed by atoms with Gasteiger partial charge in [-0.05, 0) is 54.8 Å². The fourth-order valence-corrected chi connectivity index (χ4v) is 4.79. The zero-order valence-electron chi connectivity index (χ0n) is 16.3. The maximum absolute atomic E-state index is 13.0. The summed E-state index contributed by atoms with van der Waals surface area (Å²) >= 11 is 1.57. The van der Waals surface area contributed by atoms with E-state index in [1.165, 1.54) is 42.7 Å². The lowest BCUT2D eigenvalue weighted by Gasteiger charge is -2.21. The molecule has 1 amide bonds. The molecule has 3 rings (SSSR count). The Morgan fingerprint density at radius 3 is 2.38 bits per heavy atom. The zero-order chi connectivity index (χ0) is 21.0. The Balaban J connectivity index is 1.79. The number of ether oxygens (including phenoxy) is 1. The van der Waals surface area contributed by atoms with Crippen LogP contribution in [0.15, 0.2) is 70.9 Å². The summed E-state index contributed by atoms with van der Waals surface area (Å²) in [6.07, 6.45) is 0. The van der Waals surface area contributed by atoms with Crippen molar-refractivity contribution in [2.75, 3.05) is 18.5 Å². The number of nitrogens with one attached hydrogen (secondary N) is 1. The third-order valence-electron chi connectivity index (χ3n) is 4.52. The van der Waals surface area contributed by atoms with E-state index in [1.54, 1.807) is 35.6 Å². The van der Waals surface area contributed by atoms with Crippen molar-refractivity contribution in [1.29, 1.82) is 0 Å². The number of anilines is 1. The van der Waals surface area contributed by atoms with Crippen LogP contribution in [0.4, 0.5) is 5.69 Å². The van der Waals surface area contributed by atoms with Gasteiger partial charge in [0, 0.05) is 17.5 Å². The molecule has 29 heavy (non-hydrogen) atoms. The van der Waals surface area contributed by atoms with Gasteiger partial charge in [0.2, 0.25) is 0 Å². The van der Waals surface area contributed by atoms with Crippen molar-refractivity contribution >= 4 is 33.0 Å². The molecule has 0 aliphatic carbocycles. The zero-order valence-corrected chi connectivity index (χ0v) is 18.0. The summed E-state index contributed by atoms with van der Waals surface area (Å²) in [7, 11) is -0.844. The van der Waals surface area contributed by atoms with Gasteiger partial charge in [0.05, 0.1) is 23.7 Å². The van der Waals surface area contributed by atoms with Gasteiger partial charge in [0.25, 0.3) is 15.9 Å². The Bertz CT molecular complexity index is 1080. The highest BCUT2D eigenvalue weighted by Gasteiger charge is 2.24. The van der Waals surface area contributed by atoms with E-state index >= 15 is 0 Å². The first-order valence-corrected chi connectivity index (χ1v) is 11.2. The summed E-state index contributed by atoms with van der Waals surface area (Å²) in [6.45, 7) is 1.91. The molecule has 0 fully saturated rings. The molecular formula is C21H22N2O4S2. The molecule has 0 aliphatic heterocycles. The normalized spacial score (nSPS) is 12.2. The van der Waals surface area contributed by atoms with Crippen molar-refractivity contribution in [1.82, 2.24) is 5.32 Å². The minimum atomic E-state index is -3.80. The number of amides is 1. The predicted molar refractivity (Wildman–Crippen MR) is 115 cm³/mol. The first-order valence-electron chi connectivity index (χ1n) is 8.91. The fraction of sp³-hybridized carbons (Fsp3) is 0.190. The lowest BCUT2D eigenvalue weighted by molar-refractivity contribution is 0.0940.